The van der Waals surface area contributed by atoms with Crippen LogP contribution in [0, 0.1) is 0 Å². The molecule has 3 rings (SSSR count). The number of hydrogen-bond acceptors (Lipinski definition) is 5. The molecule has 0 bridgehead atoms. The minimum absolute atomic E-state index is 0.243. The van der Waals surface area contributed by atoms with Gasteiger partial charge in [-0.25, -0.2) is 9.78 Å². The first kappa shape index (κ1) is 22.4. The van der Waals surface area contributed by atoms with Crippen LogP contribution in [0.15, 0.2) is 67.0 Å². The van der Waals surface area contributed by atoms with Gasteiger partial charge in [0.05, 0.1) is 0 Å². The average Bonchev–Trinajstić information content (AvgIpc) is 2.79. The van der Waals surface area contributed by atoms with E-state index < -0.39 is 5.97 Å². The highest BCUT2D eigenvalue weighted by Gasteiger charge is 2.18. The fourth-order valence-electron chi connectivity index (χ4n) is 3.48. The summed E-state index contributed by atoms with van der Waals surface area (Å²) in [7, 11) is 0. The molecule has 0 spiro atoms. The highest BCUT2D eigenvalue weighted by molar-refractivity contribution is 5.77. The molecule has 0 saturated heterocycles. The summed E-state index contributed by atoms with van der Waals surface area (Å²) >= 11 is 0. The van der Waals surface area contributed by atoms with Gasteiger partial charge in [-0.3, -0.25) is 4.98 Å². The minimum atomic E-state index is -0.939. The van der Waals surface area contributed by atoms with E-state index in [-0.39, 0.29) is 12.6 Å². The molecule has 0 fully saturated rings. The molecule has 0 atom stereocenters. The second kappa shape index (κ2) is 11.2. The number of carboxylic acids is 1. The van der Waals surface area contributed by atoms with Gasteiger partial charge in [0, 0.05) is 37.2 Å². The van der Waals surface area contributed by atoms with Crippen LogP contribution in [0.25, 0.3) is 22.4 Å². The van der Waals surface area contributed by atoms with Gasteiger partial charge in [0.15, 0.2) is 5.82 Å². The van der Waals surface area contributed by atoms with Crippen LogP contribution in [0.5, 0.6) is 0 Å². The van der Waals surface area contributed by atoms with E-state index >= 15 is 0 Å². The Labute approximate surface area is 183 Å². The van der Waals surface area contributed by atoms with Crippen LogP contribution >= 0.6 is 0 Å². The van der Waals surface area contributed by atoms with Crippen LogP contribution in [0.1, 0.15) is 26.7 Å². The van der Waals surface area contributed by atoms with E-state index in [2.05, 4.69) is 65.1 Å². The van der Waals surface area contributed by atoms with Gasteiger partial charge < -0.3 is 14.7 Å². The molecule has 1 aromatic heterocycles. The lowest BCUT2D eigenvalue weighted by Crippen LogP contribution is -2.33. The summed E-state index contributed by atoms with van der Waals surface area (Å²) in [6.45, 7) is 5.25. The zero-order valence-electron chi connectivity index (χ0n) is 18.1. The molecule has 3 aromatic rings. The lowest BCUT2D eigenvalue weighted by Gasteiger charge is -2.29. The molecular weight excluding hydrogens is 390 g/mol. The standard InChI is InChI=1S/C25H29N3O3/c1-19(2)28(15-6-7-16-31-18-23(29)30)25-24(26-13-14-27-25)22-12-8-11-21(17-22)20-9-4-3-5-10-20/h3-5,8-14,17,19H,6-7,15-16,18H2,1-2H3,(H,29,30). The maximum atomic E-state index is 10.6. The Hall–Kier alpha value is -3.25. The second-order valence-electron chi connectivity index (χ2n) is 7.62. The number of unbranched alkanes of at least 4 members (excludes halogenated alkanes) is 1. The van der Waals surface area contributed by atoms with Gasteiger partial charge in [0.25, 0.3) is 0 Å². The molecule has 0 saturated carbocycles. The van der Waals surface area contributed by atoms with E-state index in [9.17, 15) is 4.79 Å². The topological polar surface area (TPSA) is 75.5 Å². The molecule has 0 aliphatic carbocycles. The largest absolute Gasteiger partial charge is 0.480 e. The van der Waals surface area contributed by atoms with Crippen molar-refractivity contribution in [1.82, 2.24) is 9.97 Å². The van der Waals surface area contributed by atoms with E-state index in [1.807, 2.05) is 18.2 Å². The Balaban J connectivity index is 1.79. The molecule has 0 unspecified atom stereocenters. The number of rotatable bonds is 11. The molecule has 0 amide bonds. The Bertz CT molecular complexity index is 977. The van der Waals surface area contributed by atoms with Crippen molar-refractivity contribution in [1.29, 1.82) is 0 Å². The van der Waals surface area contributed by atoms with Gasteiger partial charge in [0.2, 0.25) is 0 Å². The quantitative estimate of drug-likeness (QED) is 0.445. The highest BCUT2D eigenvalue weighted by atomic mass is 16.5. The molecule has 0 aliphatic heterocycles. The molecule has 2 aromatic carbocycles. The summed E-state index contributed by atoms with van der Waals surface area (Å²) in [5, 5.41) is 8.66. The van der Waals surface area contributed by atoms with Crippen molar-refractivity contribution >= 4 is 11.8 Å². The molecule has 31 heavy (non-hydrogen) atoms. The monoisotopic (exact) mass is 419 g/mol. The van der Waals surface area contributed by atoms with Gasteiger partial charge in [-0.15, -0.1) is 0 Å². The van der Waals surface area contributed by atoms with Crippen LogP contribution in [0.2, 0.25) is 0 Å². The number of carboxylic acid groups (broad SMARTS) is 1. The van der Waals surface area contributed by atoms with Crippen molar-refractivity contribution in [2.75, 3.05) is 24.7 Å². The van der Waals surface area contributed by atoms with Gasteiger partial charge in [-0.2, -0.15) is 0 Å². The summed E-state index contributed by atoms with van der Waals surface area (Å²) in [6.07, 6.45) is 5.12. The van der Waals surface area contributed by atoms with Crippen molar-refractivity contribution in [3.05, 3.63) is 67.0 Å². The number of anilines is 1. The Morgan fingerprint density at radius 1 is 0.968 bits per heavy atom. The van der Waals surface area contributed by atoms with Crippen LogP contribution in [0.4, 0.5) is 5.82 Å². The number of carbonyl (C=O) groups is 1. The van der Waals surface area contributed by atoms with Crippen LogP contribution in [-0.4, -0.2) is 46.8 Å². The van der Waals surface area contributed by atoms with Gasteiger partial charge >= 0.3 is 5.97 Å². The molecule has 1 heterocycles. The first-order chi connectivity index (χ1) is 15.1. The summed E-state index contributed by atoms with van der Waals surface area (Å²) in [4.78, 5) is 22.1. The smallest absolute Gasteiger partial charge is 0.329 e. The fourth-order valence-corrected chi connectivity index (χ4v) is 3.48. The summed E-state index contributed by atoms with van der Waals surface area (Å²) in [5.41, 5.74) is 4.19. The van der Waals surface area contributed by atoms with E-state index in [1.165, 1.54) is 0 Å². The highest BCUT2D eigenvalue weighted by Crippen LogP contribution is 2.31. The number of nitrogens with zero attached hydrogens (tertiary/aromatic N) is 3. The number of ether oxygens (including phenoxy) is 1. The third-order valence-electron chi connectivity index (χ3n) is 4.98. The molecule has 1 N–H and O–H groups in total. The van der Waals surface area contributed by atoms with Crippen LogP contribution in [0.3, 0.4) is 0 Å². The number of aliphatic carboxylic acids is 1. The average molecular weight is 420 g/mol. The molecular formula is C25H29N3O3. The second-order valence-corrected chi connectivity index (χ2v) is 7.62. The normalized spacial score (nSPS) is 10.9. The summed E-state index contributed by atoms with van der Waals surface area (Å²) in [5.74, 6) is -0.0834. The minimum Gasteiger partial charge on any atom is -0.480 e. The third kappa shape index (κ3) is 6.36. The number of benzene rings is 2. The van der Waals surface area contributed by atoms with Crippen molar-refractivity contribution in [2.45, 2.75) is 32.7 Å². The maximum absolute atomic E-state index is 10.6. The van der Waals surface area contributed by atoms with E-state index in [1.54, 1.807) is 12.4 Å². The molecule has 162 valence electrons. The lowest BCUT2D eigenvalue weighted by molar-refractivity contribution is -0.142. The van der Waals surface area contributed by atoms with E-state index in [0.29, 0.717) is 6.61 Å². The first-order valence-corrected chi connectivity index (χ1v) is 10.6. The van der Waals surface area contributed by atoms with Crippen molar-refractivity contribution in [2.24, 2.45) is 0 Å². The van der Waals surface area contributed by atoms with Gasteiger partial charge in [-0.1, -0.05) is 48.5 Å². The van der Waals surface area contributed by atoms with Crippen LogP contribution in [-0.2, 0) is 9.53 Å². The van der Waals surface area contributed by atoms with E-state index in [0.717, 1.165) is 47.6 Å². The Kier molecular flexibility index (Phi) is 8.12. The zero-order valence-corrected chi connectivity index (χ0v) is 18.1. The number of hydrogen-bond donors (Lipinski definition) is 1. The van der Waals surface area contributed by atoms with Crippen LogP contribution < -0.4 is 4.90 Å². The predicted molar refractivity (Wildman–Crippen MR) is 123 cm³/mol. The molecule has 6 nitrogen and oxygen atoms in total. The zero-order chi connectivity index (χ0) is 22.1. The van der Waals surface area contributed by atoms with Gasteiger partial charge in [-0.05, 0) is 43.9 Å². The van der Waals surface area contributed by atoms with Gasteiger partial charge in [0.1, 0.15) is 12.3 Å². The Morgan fingerprint density at radius 2 is 1.68 bits per heavy atom. The fraction of sp³-hybridized carbons (Fsp3) is 0.320. The third-order valence-corrected chi connectivity index (χ3v) is 4.98. The first-order valence-electron chi connectivity index (χ1n) is 10.6. The lowest BCUT2D eigenvalue weighted by atomic mass is 10.0. The van der Waals surface area contributed by atoms with Crippen molar-refractivity contribution in [3.8, 4) is 22.4 Å². The molecule has 6 heteroatoms. The molecule has 0 aliphatic rings. The van der Waals surface area contributed by atoms with E-state index in [4.69, 9.17) is 9.84 Å². The maximum Gasteiger partial charge on any atom is 0.329 e. The SMILES string of the molecule is CC(C)N(CCCCOCC(=O)O)c1nccnc1-c1cccc(-c2ccccc2)c1. The Morgan fingerprint density at radius 3 is 2.42 bits per heavy atom. The van der Waals surface area contributed by atoms with Crippen molar-refractivity contribution < 1.29 is 14.6 Å². The number of aromatic nitrogens is 2. The molecule has 0 radical (unpaired) electrons. The summed E-state index contributed by atoms with van der Waals surface area (Å²) < 4.78 is 5.15. The summed E-state index contributed by atoms with van der Waals surface area (Å²) in [6, 6.07) is 18.9. The predicted octanol–water partition coefficient (Wildman–Crippen LogP) is 4.91. The van der Waals surface area contributed by atoms with Crippen molar-refractivity contribution in [3.63, 3.8) is 0 Å².